The van der Waals surface area contributed by atoms with E-state index in [1.807, 2.05) is 18.7 Å². The highest BCUT2D eigenvalue weighted by atomic mass is 35.5. The molecular weight excluding hydrogens is 378 g/mol. The van der Waals surface area contributed by atoms with Crippen LogP contribution in [0.15, 0.2) is 18.2 Å². The van der Waals surface area contributed by atoms with Crippen LogP contribution in [0.4, 0.5) is 8.78 Å². The molecule has 0 unspecified atom stereocenters. The molecule has 146 valence electrons. The summed E-state index contributed by atoms with van der Waals surface area (Å²) in [6, 6.07) is 3.52. The largest absolute Gasteiger partial charge is 0.340 e. The third-order valence-electron chi connectivity index (χ3n) is 4.62. The van der Waals surface area contributed by atoms with Gasteiger partial charge in [-0.25, -0.2) is 8.78 Å². The number of benzene rings is 1. The summed E-state index contributed by atoms with van der Waals surface area (Å²) >= 11 is 5.89. The molecular formula is C17H21ClF2N6O. The van der Waals surface area contributed by atoms with E-state index < -0.39 is 17.0 Å². The molecule has 0 spiro atoms. The number of aromatic nitrogens is 4. The molecule has 0 radical (unpaired) electrons. The zero-order valence-corrected chi connectivity index (χ0v) is 16.0. The van der Waals surface area contributed by atoms with Crippen LogP contribution in [-0.2, 0) is 11.3 Å². The van der Waals surface area contributed by atoms with Crippen molar-refractivity contribution in [2.75, 3.05) is 32.1 Å². The Kier molecular flexibility index (Phi) is 5.71. The number of tetrazole rings is 1. The Morgan fingerprint density at radius 2 is 1.89 bits per heavy atom. The molecule has 0 saturated carbocycles. The van der Waals surface area contributed by atoms with E-state index in [0.717, 1.165) is 12.1 Å². The summed E-state index contributed by atoms with van der Waals surface area (Å²) in [7, 11) is 0. The fourth-order valence-corrected chi connectivity index (χ4v) is 3.03. The number of hydrogen-bond donors (Lipinski definition) is 0. The van der Waals surface area contributed by atoms with Crippen LogP contribution in [0.5, 0.6) is 0 Å². The number of halogens is 3. The normalized spacial score (nSPS) is 16.0. The van der Waals surface area contributed by atoms with Crippen molar-refractivity contribution < 1.29 is 13.6 Å². The number of carbonyl (C=O) groups is 1. The number of alkyl halides is 1. The Morgan fingerprint density at radius 3 is 2.52 bits per heavy atom. The lowest BCUT2D eigenvalue weighted by Gasteiger charge is -2.37. The van der Waals surface area contributed by atoms with Crippen LogP contribution >= 0.6 is 11.6 Å². The highest BCUT2D eigenvalue weighted by Gasteiger charge is 2.33. The minimum atomic E-state index is -0.956. The smallest absolute Gasteiger partial charge is 0.229 e. The second-order valence-corrected chi connectivity index (χ2v) is 7.46. The Morgan fingerprint density at radius 1 is 1.19 bits per heavy atom. The lowest BCUT2D eigenvalue weighted by atomic mass is 9.94. The minimum absolute atomic E-state index is 0.0452. The van der Waals surface area contributed by atoms with Gasteiger partial charge in [0.2, 0.25) is 5.91 Å². The van der Waals surface area contributed by atoms with Gasteiger partial charge in [-0.3, -0.25) is 9.69 Å². The van der Waals surface area contributed by atoms with E-state index in [0.29, 0.717) is 44.2 Å². The summed E-state index contributed by atoms with van der Waals surface area (Å²) in [6.45, 7) is 6.61. The van der Waals surface area contributed by atoms with Gasteiger partial charge in [0.05, 0.1) is 17.6 Å². The number of carbonyl (C=O) groups excluding carboxylic acids is 1. The topological polar surface area (TPSA) is 67.2 Å². The second kappa shape index (κ2) is 7.85. The molecule has 1 fully saturated rings. The van der Waals surface area contributed by atoms with Gasteiger partial charge >= 0.3 is 0 Å². The first-order valence-corrected chi connectivity index (χ1v) is 9.15. The lowest BCUT2D eigenvalue weighted by molar-refractivity contribution is -0.141. The zero-order chi connectivity index (χ0) is 19.6. The average Bonchev–Trinajstić information content (AvgIpc) is 3.12. The van der Waals surface area contributed by atoms with Gasteiger partial charge < -0.3 is 4.90 Å². The Labute approximate surface area is 160 Å². The maximum atomic E-state index is 13.5. The molecule has 7 nitrogen and oxygen atoms in total. The van der Waals surface area contributed by atoms with Crippen LogP contribution in [0.25, 0.3) is 5.69 Å². The lowest BCUT2D eigenvalue weighted by Crippen LogP contribution is -2.52. The molecule has 27 heavy (non-hydrogen) atoms. The van der Waals surface area contributed by atoms with Crippen LogP contribution < -0.4 is 0 Å². The monoisotopic (exact) mass is 398 g/mol. The molecule has 0 atom stereocenters. The summed E-state index contributed by atoms with van der Waals surface area (Å²) in [5.74, 6) is -1.04. The second-order valence-electron chi connectivity index (χ2n) is 7.19. The molecule has 2 heterocycles. The third kappa shape index (κ3) is 4.24. The SMILES string of the molecule is CC(C)(CCl)C(=O)N1CCN(Cc2nnnn2-c2ccc(F)c(F)c2)CC1. The van der Waals surface area contributed by atoms with E-state index in [2.05, 4.69) is 20.4 Å². The number of piperazine rings is 1. The molecule has 1 aliphatic rings. The van der Waals surface area contributed by atoms with Gasteiger partial charge in [-0.2, -0.15) is 4.68 Å². The first-order chi connectivity index (χ1) is 12.8. The highest BCUT2D eigenvalue weighted by Crippen LogP contribution is 2.22. The predicted octanol–water partition coefficient (Wildman–Crippen LogP) is 1.85. The third-order valence-corrected chi connectivity index (χ3v) is 5.29. The fourth-order valence-electron chi connectivity index (χ4n) is 2.92. The number of amides is 1. The van der Waals surface area contributed by atoms with Gasteiger partial charge in [-0.15, -0.1) is 16.7 Å². The van der Waals surface area contributed by atoms with E-state index in [9.17, 15) is 13.6 Å². The van der Waals surface area contributed by atoms with E-state index in [1.165, 1.54) is 10.7 Å². The molecule has 10 heteroatoms. The summed E-state index contributed by atoms with van der Waals surface area (Å²) in [5, 5.41) is 11.5. The molecule has 1 aromatic heterocycles. The number of hydrogen-bond acceptors (Lipinski definition) is 5. The van der Waals surface area contributed by atoms with Gasteiger partial charge in [0.1, 0.15) is 0 Å². The van der Waals surface area contributed by atoms with E-state index in [4.69, 9.17) is 11.6 Å². The van der Waals surface area contributed by atoms with Crippen LogP contribution in [0, 0.1) is 17.0 Å². The van der Waals surface area contributed by atoms with Crippen LogP contribution in [0.1, 0.15) is 19.7 Å². The first-order valence-electron chi connectivity index (χ1n) is 8.62. The molecule has 0 aliphatic carbocycles. The van der Waals surface area contributed by atoms with Crippen molar-refractivity contribution in [3.63, 3.8) is 0 Å². The van der Waals surface area contributed by atoms with Crippen molar-refractivity contribution in [1.29, 1.82) is 0 Å². The maximum absolute atomic E-state index is 13.5. The number of nitrogens with zero attached hydrogens (tertiary/aromatic N) is 6. The van der Waals surface area contributed by atoms with Crippen molar-refractivity contribution in [1.82, 2.24) is 30.0 Å². The molecule has 2 aromatic rings. The highest BCUT2D eigenvalue weighted by molar-refractivity contribution is 6.19. The zero-order valence-electron chi connectivity index (χ0n) is 15.2. The van der Waals surface area contributed by atoms with Crippen LogP contribution in [-0.4, -0.2) is 68.0 Å². The molecule has 0 bridgehead atoms. The average molecular weight is 399 g/mol. The van der Waals surface area contributed by atoms with Crippen molar-refractivity contribution >= 4 is 17.5 Å². The van der Waals surface area contributed by atoms with E-state index in [1.54, 1.807) is 0 Å². The summed E-state index contributed by atoms with van der Waals surface area (Å²) in [6.07, 6.45) is 0. The Balaban J connectivity index is 1.64. The molecule has 3 rings (SSSR count). The fraction of sp³-hybridized carbons (Fsp3) is 0.529. The quantitative estimate of drug-likeness (QED) is 0.719. The minimum Gasteiger partial charge on any atom is -0.340 e. The van der Waals surface area contributed by atoms with Crippen LogP contribution in [0.3, 0.4) is 0 Å². The molecule has 1 aliphatic heterocycles. The van der Waals surface area contributed by atoms with Gasteiger partial charge in [0.25, 0.3) is 0 Å². The van der Waals surface area contributed by atoms with Crippen molar-refractivity contribution in [2.24, 2.45) is 5.41 Å². The Bertz CT molecular complexity index is 820. The summed E-state index contributed by atoms with van der Waals surface area (Å²) in [4.78, 5) is 16.4. The molecule has 1 amide bonds. The van der Waals surface area contributed by atoms with Crippen molar-refractivity contribution in [2.45, 2.75) is 20.4 Å². The number of rotatable bonds is 5. The molecule has 1 saturated heterocycles. The molecule has 0 N–H and O–H groups in total. The van der Waals surface area contributed by atoms with Gasteiger partial charge in [0.15, 0.2) is 17.5 Å². The Hall–Kier alpha value is -2.13. The maximum Gasteiger partial charge on any atom is 0.229 e. The van der Waals surface area contributed by atoms with Gasteiger partial charge in [0, 0.05) is 38.1 Å². The predicted molar refractivity (Wildman–Crippen MR) is 95.4 cm³/mol. The van der Waals surface area contributed by atoms with E-state index in [-0.39, 0.29) is 11.8 Å². The van der Waals surface area contributed by atoms with Crippen molar-refractivity contribution in [3.05, 3.63) is 35.7 Å². The summed E-state index contributed by atoms with van der Waals surface area (Å²) < 4.78 is 28.0. The van der Waals surface area contributed by atoms with Crippen molar-refractivity contribution in [3.8, 4) is 5.69 Å². The standard InChI is InChI=1S/C17H21ClF2N6O/c1-17(2,11-18)16(27)25-7-5-24(6-8-25)10-15-21-22-23-26(15)12-3-4-13(19)14(20)9-12/h3-4,9H,5-8,10-11H2,1-2H3. The molecule has 1 aromatic carbocycles. The van der Waals surface area contributed by atoms with E-state index >= 15 is 0 Å². The van der Waals surface area contributed by atoms with Gasteiger partial charge in [-0.05, 0) is 36.4 Å². The van der Waals surface area contributed by atoms with Crippen LogP contribution in [0.2, 0.25) is 0 Å². The van der Waals surface area contributed by atoms with Gasteiger partial charge in [-0.1, -0.05) is 0 Å². The first kappa shape index (κ1) is 19.6. The summed E-state index contributed by atoms with van der Waals surface area (Å²) in [5.41, 5.74) is -0.230.